The molecular weight excluding hydrogens is 302 g/mol. The lowest BCUT2D eigenvalue weighted by Crippen LogP contribution is -2.57. The van der Waals surface area contributed by atoms with Crippen molar-refractivity contribution in [1.29, 1.82) is 0 Å². The molecule has 1 aliphatic heterocycles. The number of carbonyl (C=O) groups excluding carboxylic acids is 1. The van der Waals surface area contributed by atoms with Crippen LogP contribution < -0.4 is 10.6 Å². The molecule has 0 radical (unpaired) electrons. The first kappa shape index (κ1) is 21.4. The van der Waals surface area contributed by atoms with Gasteiger partial charge in [0.2, 0.25) is 5.91 Å². The Morgan fingerprint density at radius 2 is 1.79 bits per heavy atom. The monoisotopic (exact) mass is 341 g/mol. The highest BCUT2D eigenvalue weighted by Gasteiger charge is 2.40. The third-order valence-corrected chi connectivity index (χ3v) is 5.18. The molecule has 5 heteroatoms. The highest BCUT2D eigenvalue weighted by atomic mass is 16.2. The number of aliphatic hydroxyl groups excluding tert-OH is 1. The molecule has 3 atom stereocenters. The number of amides is 1. The topological polar surface area (TPSA) is 64.6 Å². The van der Waals surface area contributed by atoms with E-state index in [2.05, 4.69) is 36.3 Å². The smallest absolute Gasteiger partial charge is 0.237 e. The second-order valence-corrected chi connectivity index (χ2v) is 8.25. The molecule has 24 heavy (non-hydrogen) atoms. The quantitative estimate of drug-likeness (QED) is 0.669. The van der Waals surface area contributed by atoms with Crippen molar-refractivity contribution in [1.82, 2.24) is 15.5 Å². The number of likely N-dealkylation sites (tertiary alicyclic amines) is 1. The van der Waals surface area contributed by atoms with E-state index in [0.717, 1.165) is 51.4 Å². The van der Waals surface area contributed by atoms with E-state index in [4.69, 9.17) is 5.11 Å². The van der Waals surface area contributed by atoms with Crippen molar-refractivity contribution in [3.05, 3.63) is 0 Å². The molecule has 1 saturated heterocycles. The van der Waals surface area contributed by atoms with Crippen molar-refractivity contribution in [2.45, 2.75) is 70.9 Å². The van der Waals surface area contributed by atoms with Gasteiger partial charge in [0.25, 0.3) is 0 Å². The van der Waals surface area contributed by atoms with Crippen LogP contribution in [0.25, 0.3) is 0 Å². The average Bonchev–Trinajstić information content (AvgIpc) is 2.54. The van der Waals surface area contributed by atoms with Crippen LogP contribution in [0.4, 0.5) is 0 Å². The molecule has 1 amide bonds. The minimum absolute atomic E-state index is 0.0791. The van der Waals surface area contributed by atoms with Gasteiger partial charge in [-0.05, 0) is 65.5 Å². The molecule has 0 aromatic heterocycles. The lowest BCUT2D eigenvalue weighted by atomic mass is 9.72. The predicted molar refractivity (Wildman–Crippen MR) is 100 cm³/mol. The minimum Gasteiger partial charge on any atom is -0.400 e. The van der Waals surface area contributed by atoms with Crippen molar-refractivity contribution in [3.63, 3.8) is 0 Å². The fourth-order valence-corrected chi connectivity index (χ4v) is 4.13. The summed E-state index contributed by atoms with van der Waals surface area (Å²) in [5.41, 5.74) is -0.142. The Morgan fingerprint density at radius 3 is 2.38 bits per heavy atom. The molecule has 142 valence electrons. The van der Waals surface area contributed by atoms with Crippen LogP contribution >= 0.6 is 0 Å². The Balaban J connectivity index is 0.00000139. The molecule has 0 aromatic rings. The van der Waals surface area contributed by atoms with E-state index < -0.39 is 0 Å². The van der Waals surface area contributed by atoms with Gasteiger partial charge in [0.15, 0.2) is 0 Å². The molecule has 3 N–H and O–H groups in total. The number of aliphatic hydroxyl groups is 1. The van der Waals surface area contributed by atoms with Crippen LogP contribution in [-0.4, -0.2) is 61.3 Å². The van der Waals surface area contributed by atoms with Crippen molar-refractivity contribution >= 4 is 5.91 Å². The first-order chi connectivity index (χ1) is 11.4. The molecule has 1 saturated carbocycles. The van der Waals surface area contributed by atoms with Crippen LogP contribution in [0.1, 0.15) is 59.3 Å². The standard InChI is InChI=1S/C18H35N3O.CH4O/c1-18(2,3)20-17(22)16-12-14-8-5-6-9-15(14)13-21(16)11-7-10-19-4;1-2/h14-16,19H,5-13H2,1-4H3,(H,20,22);2H,1H3/t14?,15?,16-;/m0./s1. The van der Waals surface area contributed by atoms with E-state index in [9.17, 15) is 4.79 Å². The third kappa shape index (κ3) is 6.69. The number of hydrogen-bond donors (Lipinski definition) is 3. The summed E-state index contributed by atoms with van der Waals surface area (Å²) in [6.07, 6.45) is 7.60. The molecule has 2 unspecified atom stereocenters. The average molecular weight is 342 g/mol. The first-order valence-electron chi connectivity index (χ1n) is 9.56. The van der Waals surface area contributed by atoms with Crippen LogP contribution in [0.3, 0.4) is 0 Å². The number of carbonyl (C=O) groups is 1. The number of piperidine rings is 1. The molecular formula is C19H39N3O2. The van der Waals surface area contributed by atoms with Gasteiger partial charge in [-0.15, -0.1) is 0 Å². The Bertz CT molecular complexity index is 368. The zero-order valence-corrected chi connectivity index (χ0v) is 16.4. The molecule has 2 fully saturated rings. The van der Waals surface area contributed by atoms with Gasteiger partial charge < -0.3 is 15.7 Å². The van der Waals surface area contributed by atoms with Gasteiger partial charge >= 0.3 is 0 Å². The fourth-order valence-electron chi connectivity index (χ4n) is 4.13. The van der Waals surface area contributed by atoms with E-state index >= 15 is 0 Å². The zero-order valence-electron chi connectivity index (χ0n) is 16.4. The van der Waals surface area contributed by atoms with E-state index in [1.54, 1.807) is 0 Å². The lowest BCUT2D eigenvalue weighted by molar-refractivity contribution is -0.131. The molecule has 0 spiro atoms. The summed E-state index contributed by atoms with van der Waals surface area (Å²) in [4.78, 5) is 15.2. The largest absolute Gasteiger partial charge is 0.400 e. The molecule has 0 aromatic carbocycles. The van der Waals surface area contributed by atoms with Crippen LogP contribution in [0.2, 0.25) is 0 Å². The summed E-state index contributed by atoms with van der Waals surface area (Å²) >= 11 is 0. The van der Waals surface area contributed by atoms with Gasteiger partial charge in [-0.2, -0.15) is 0 Å². The molecule has 1 aliphatic carbocycles. The van der Waals surface area contributed by atoms with Crippen molar-refractivity contribution in [2.24, 2.45) is 11.8 Å². The molecule has 5 nitrogen and oxygen atoms in total. The zero-order chi connectivity index (χ0) is 18.2. The number of nitrogens with zero attached hydrogens (tertiary/aromatic N) is 1. The van der Waals surface area contributed by atoms with Crippen LogP contribution in [0, 0.1) is 11.8 Å². The van der Waals surface area contributed by atoms with Crippen molar-refractivity contribution in [2.75, 3.05) is 33.8 Å². The second kappa shape index (κ2) is 10.4. The van der Waals surface area contributed by atoms with Gasteiger partial charge in [0, 0.05) is 25.7 Å². The highest BCUT2D eigenvalue weighted by Crippen LogP contribution is 2.38. The van der Waals surface area contributed by atoms with Gasteiger partial charge in [0.05, 0.1) is 6.04 Å². The van der Waals surface area contributed by atoms with Gasteiger partial charge in [-0.1, -0.05) is 19.3 Å². The summed E-state index contributed by atoms with van der Waals surface area (Å²) in [7, 11) is 3.00. The molecule has 1 heterocycles. The Kier molecular flexibility index (Phi) is 9.24. The summed E-state index contributed by atoms with van der Waals surface area (Å²) < 4.78 is 0. The first-order valence-corrected chi connectivity index (χ1v) is 9.56. The summed E-state index contributed by atoms with van der Waals surface area (Å²) in [6.45, 7) is 9.40. The highest BCUT2D eigenvalue weighted by molar-refractivity contribution is 5.82. The maximum Gasteiger partial charge on any atom is 0.237 e. The van der Waals surface area contributed by atoms with Crippen LogP contribution in [-0.2, 0) is 4.79 Å². The van der Waals surface area contributed by atoms with Crippen molar-refractivity contribution < 1.29 is 9.90 Å². The SMILES string of the molecule is CNCCCN1CC2CCCCC2C[C@H]1C(=O)NC(C)(C)C.CO. The van der Waals surface area contributed by atoms with E-state index in [-0.39, 0.29) is 17.5 Å². The minimum atomic E-state index is -0.142. The molecule has 2 rings (SSSR count). The van der Waals surface area contributed by atoms with Crippen LogP contribution in [0.5, 0.6) is 0 Å². The van der Waals surface area contributed by atoms with Crippen LogP contribution in [0.15, 0.2) is 0 Å². The fraction of sp³-hybridized carbons (Fsp3) is 0.947. The Morgan fingerprint density at radius 1 is 1.17 bits per heavy atom. The van der Waals surface area contributed by atoms with Gasteiger partial charge in [0.1, 0.15) is 0 Å². The number of hydrogen-bond acceptors (Lipinski definition) is 4. The van der Waals surface area contributed by atoms with Gasteiger partial charge in [-0.3, -0.25) is 9.69 Å². The lowest BCUT2D eigenvalue weighted by Gasteiger charge is -2.46. The summed E-state index contributed by atoms with van der Waals surface area (Å²) in [6, 6.07) is 0.0791. The maximum atomic E-state index is 12.8. The Labute approximate surface area is 148 Å². The molecule has 2 aliphatic rings. The third-order valence-electron chi connectivity index (χ3n) is 5.18. The number of fused-ring (bicyclic) bond motifs is 1. The predicted octanol–water partition coefficient (Wildman–Crippen LogP) is 2.00. The van der Waals surface area contributed by atoms with Gasteiger partial charge in [-0.25, -0.2) is 0 Å². The second-order valence-electron chi connectivity index (χ2n) is 8.25. The summed E-state index contributed by atoms with van der Waals surface area (Å²) in [5, 5.41) is 13.4. The number of rotatable bonds is 5. The van der Waals surface area contributed by atoms with E-state index in [1.807, 2.05) is 7.05 Å². The Hall–Kier alpha value is -0.650. The van der Waals surface area contributed by atoms with E-state index in [1.165, 1.54) is 25.7 Å². The maximum absolute atomic E-state index is 12.8. The normalized spacial score (nSPS) is 27.7. The van der Waals surface area contributed by atoms with Crippen molar-refractivity contribution in [3.8, 4) is 0 Å². The number of nitrogens with one attached hydrogen (secondary N) is 2. The summed E-state index contributed by atoms with van der Waals surface area (Å²) in [5.74, 6) is 1.83. The van der Waals surface area contributed by atoms with E-state index in [0.29, 0.717) is 0 Å². The molecule has 0 bridgehead atoms.